The number of thioether (sulfide) groups is 1. The van der Waals surface area contributed by atoms with Gasteiger partial charge in [-0.05, 0) is 38.7 Å². The fraction of sp³-hybridized carbons (Fsp3) is 0.474. The van der Waals surface area contributed by atoms with Gasteiger partial charge in [0.2, 0.25) is 5.88 Å². The number of ether oxygens (including phenoxy) is 1. The monoisotopic (exact) mass is 385 g/mol. The van der Waals surface area contributed by atoms with Crippen molar-refractivity contribution in [2.24, 2.45) is 0 Å². The molecule has 2 unspecified atom stereocenters. The first kappa shape index (κ1) is 18.0. The van der Waals surface area contributed by atoms with Crippen molar-refractivity contribution in [2.45, 2.75) is 37.5 Å². The van der Waals surface area contributed by atoms with Crippen LogP contribution in [-0.4, -0.2) is 64.3 Å². The third-order valence-corrected chi connectivity index (χ3v) is 6.00. The fourth-order valence-corrected chi connectivity index (χ4v) is 4.36. The highest BCUT2D eigenvalue weighted by Crippen LogP contribution is 2.37. The van der Waals surface area contributed by atoms with E-state index < -0.39 is 0 Å². The second kappa shape index (κ2) is 6.99. The van der Waals surface area contributed by atoms with E-state index in [0.717, 1.165) is 41.7 Å². The first-order chi connectivity index (χ1) is 13.0. The van der Waals surface area contributed by atoms with E-state index in [0.29, 0.717) is 11.4 Å². The van der Waals surface area contributed by atoms with Gasteiger partial charge in [-0.2, -0.15) is 0 Å². The van der Waals surface area contributed by atoms with Crippen molar-refractivity contribution in [2.75, 3.05) is 31.4 Å². The minimum absolute atomic E-state index is 0.00115. The standard InChI is InChI=1S/C19H23N5O2S/c1-11-12(2)21-19(27-4)22-16(11)23-9-13-8-14(10-23)24(13)18(25)15-6-5-7-20-17(15)26-3/h5-7,13-14H,8-10H2,1-4H3. The van der Waals surface area contributed by atoms with Gasteiger partial charge in [0, 0.05) is 30.5 Å². The van der Waals surface area contributed by atoms with Gasteiger partial charge in [-0.15, -0.1) is 0 Å². The van der Waals surface area contributed by atoms with Crippen molar-refractivity contribution < 1.29 is 9.53 Å². The molecule has 5 heterocycles. The van der Waals surface area contributed by atoms with Gasteiger partial charge in [-0.3, -0.25) is 4.79 Å². The molecule has 0 spiro atoms. The zero-order chi connectivity index (χ0) is 19.1. The average Bonchev–Trinajstić information content (AvgIpc) is 2.69. The highest BCUT2D eigenvalue weighted by atomic mass is 32.2. The van der Waals surface area contributed by atoms with Crippen LogP contribution in [0.25, 0.3) is 0 Å². The third kappa shape index (κ3) is 3.01. The van der Waals surface area contributed by atoms with Crippen LogP contribution in [0.3, 0.4) is 0 Å². The predicted molar refractivity (Wildman–Crippen MR) is 105 cm³/mol. The molecule has 5 rings (SSSR count). The van der Waals surface area contributed by atoms with Crippen molar-refractivity contribution >= 4 is 23.5 Å². The molecule has 3 aliphatic heterocycles. The molecule has 2 aromatic heterocycles. The molecule has 7 nitrogen and oxygen atoms in total. The number of pyridine rings is 1. The van der Waals surface area contributed by atoms with Crippen molar-refractivity contribution in [3.63, 3.8) is 0 Å². The Balaban J connectivity index is 1.55. The zero-order valence-electron chi connectivity index (χ0n) is 16.0. The Bertz CT molecular complexity index is 878. The maximum Gasteiger partial charge on any atom is 0.259 e. The average molecular weight is 385 g/mol. The SMILES string of the molecule is COc1ncccc1C(=O)N1C2CC1CN(c1nc(SC)nc(C)c1C)C2. The molecule has 1 amide bonds. The molecule has 27 heavy (non-hydrogen) atoms. The van der Waals surface area contributed by atoms with Crippen LogP contribution in [0.5, 0.6) is 5.88 Å². The molecular formula is C19H23N5O2S. The van der Waals surface area contributed by atoms with E-state index in [-0.39, 0.29) is 18.0 Å². The van der Waals surface area contributed by atoms with Crippen LogP contribution in [0.15, 0.2) is 23.5 Å². The maximum atomic E-state index is 13.0. The Kier molecular flexibility index (Phi) is 4.67. The fourth-order valence-electron chi connectivity index (χ4n) is 3.96. The van der Waals surface area contributed by atoms with Crippen LogP contribution >= 0.6 is 11.8 Å². The van der Waals surface area contributed by atoms with Crippen LogP contribution in [-0.2, 0) is 0 Å². The molecule has 8 heteroatoms. The second-order valence-corrected chi connectivity index (χ2v) is 7.74. The minimum Gasteiger partial charge on any atom is -0.480 e. The Morgan fingerprint density at radius 1 is 1.26 bits per heavy atom. The maximum absolute atomic E-state index is 13.0. The predicted octanol–water partition coefficient (Wildman–Crippen LogP) is 2.32. The van der Waals surface area contributed by atoms with E-state index in [2.05, 4.69) is 21.8 Å². The lowest BCUT2D eigenvalue weighted by atomic mass is 9.86. The van der Waals surface area contributed by atoms with Crippen LogP contribution in [0.2, 0.25) is 0 Å². The van der Waals surface area contributed by atoms with Crippen molar-refractivity contribution in [3.8, 4) is 5.88 Å². The summed E-state index contributed by atoms with van der Waals surface area (Å²) in [5, 5.41) is 0.792. The summed E-state index contributed by atoms with van der Waals surface area (Å²) < 4.78 is 5.26. The quantitative estimate of drug-likeness (QED) is 0.591. The number of hydrogen-bond acceptors (Lipinski definition) is 7. The van der Waals surface area contributed by atoms with Crippen LogP contribution < -0.4 is 9.64 Å². The molecule has 0 saturated carbocycles. The van der Waals surface area contributed by atoms with E-state index >= 15 is 0 Å². The van der Waals surface area contributed by atoms with Gasteiger partial charge in [0.25, 0.3) is 5.91 Å². The molecule has 0 radical (unpaired) electrons. The van der Waals surface area contributed by atoms with Crippen LogP contribution in [0.4, 0.5) is 5.82 Å². The number of fused-ring (bicyclic) bond motifs is 2. The van der Waals surface area contributed by atoms with E-state index in [1.54, 1.807) is 37.2 Å². The number of rotatable bonds is 4. The molecule has 3 aliphatic rings. The third-order valence-electron chi connectivity index (χ3n) is 5.45. The summed E-state index contributed by atoms with van der Waals surface area (Å²) in [5.41, 5.74) is 2.65. The van der Waals surface area contributed by atoms with Crippen LogP contribution in [0, 0.1) is 13.8 Å². The number of piperidine rings is 1. The molecular weight excluding hydrogens is 362 g/mol. The Labute approximate surface area is 163 Å². The number of anilines is 1. The number of nitrogens with zero attached hydrogens (tertiary/aromatic N) is 5. The van der Waals surface area contributed by atoms with Crippen LogP contribution in [0.1, 0.15) is 28.0 Å². The Morgan fingerprint density at radius 3 is 2.67 bits per heavy atom. The lowest BCUT2D eigenvalue weighted by Gasteiger charge is -2.56. The van der Waals surface area contributed by atoms with Crippen molar-refractivity contribution in [1.29, 1.82) is 0 Å². The van der Waals surface area contributed by atoms with Gasteiger partial charge in [-0.1, -0.05) is 11.8 Å². The van der Waals surface area contributed by atoms with Gasteiger partial charge >= 0.3 is 0 Å². The van der Waals surface area contributed by atoms with E-state index in [4.69, 9.17) is 9.72 Å². The molecule has 2 bridgehead atoms. The molecule has 2 aromatic rings. The molecule has 3 saturated heterocycles. The molecule has 0 N–H and O–H groups in total. The normalized spacial score (nSPS) is 21.0. The van der Waals surface area contributed by atoms with E-state index in [1.165, 1.54) is 0 Å². The summed E-state index contributed by atoms with van der Waals surface area (Å²) in [6, 6.07) is 3.93. The summed E-state index contributed by atoms with van der Waals surface area (Å²) in [6.07, 6.45) is 4.66. The number of aryl methyl sites for hydroxylation is 1. The van der Waals surface area contributed by atoms with E-state index in [1.807, 2.05) is 18.1 Å². The second-order valence-electron chi connectivity index (χ2n) is 6.97. The van der Waals surface area contributed by atoms with E-state index in [9.17, 15) is 4.79 Å². The Hall–Kier alpha value is -2.35. The summed E-state index contributed by atoms with van der Waals surface area (Å²) in [6.45, 7) is 5.67. The molecule has 3 fully saturated rings. The minimum atomic E-state index is 0.00115. The lowest BCUT2D eigenvalue weighted by molar-refractivity contribution is 0.00541. The number of carbonyl (C=O) groups excluding carboxylic acids is 1. The van der Waals surface area contributed by atoms with Gasteiger partial charge in [-0.25, -0.2) is 15.0 Å². The largest absolute Gasteiger partial charge is 0.480 e. The van der Waals surface area contributed by atoms with Crippen molar-refractivity contribution in [3.05, 3.63) is 35.2 Å². The number of methoxy groups -OCH3 is 1. The molecule has 2 atom stereocenters. The highest BCUT2D eigenvalue weighted by molar-refractivity contribution is 7.98. The number of aromatic nitrogens is 3. The topological polar surface area (TPSA) is 71.5 Å². The zero-order valence-corrected chi connectivity index (χ0v) is 16.8. The summed E-state index contributed by atoms with van der Waals surface area (Å²) >= 11 is 1.55. The molecule has 0 aliphatic carbocycles. The Morgan fingerprint density at radius 2 is 2.00 bits per heavy atom. The highest BCUT2D eigenvalue weighted by Gasteiger charge is 2.48. The number of piperazine rings is 1. The van der Waals surface area contributed by atoms with Crippen molar-refractivity contribution in [1.82, 2.24) is 19.9 Å². The number of hydrogen-bond donors (Lipinski definition) is 0. The van der Waals surface area contributed by atoms with Gasteiger partial charge in [0.15, 0.2) is 5.16 Å². The first-order valence-corrected chi connectivity index (χ1v) is 10.2. The lowest BCUT2D eigenvalue weighted by Crippen LogP contribution is -2.70. The van der Waals surface area contributed by atoms with Gasteiger partial charge < -0.3 is 14.5 Å². The molecule has 0 aromatic carbocycles. The van der Waals surface area contributed by atoms with Gasteiger partial charge in [0.05, 0.1) is 19.2 Å². The molecule has 142 valence electrons. The summed E-state index contributed by atoms with van der Waals surface area (Å²) in [4.78, 5) is 30.7. The smallest absolute Gasteiger partial charge is 0.259 e. The number of carbonyl (C=O) groups is 1. The summed E-state index contributed by atoms with van der Waals surface area (Å²) in [5.74, 6) is 1.38. The summed E-state index contributed by atoms with van der Waals surface area (Å²) in [7, 11) is 1.54. The number of amides is 1. The van der Waals surface area contributed by atoms with Gasteiger partial charge in [0.1, 0.15) is 11.4 Å². The first-order valence-electron chi connectivity index (χ1n) is 8.99.